The number of carbonyl (C=O) groups is 2. The fraction of sp³-hybridized carbons (Fsp3) is 0.417. The van der Waals surface area contributed by atoms with Gasteiger partial charge in [0.2, 0.25) is 11.8 Å². The Bertz CT molecular complexity index is 845. The first kappa shape index (κ1) is 25.1. The molecule has 0 saturated carbocycles. The summed E-state index contributed by atoms with van der Waals surface area (Å²) < 4.78 is 5.31. The SMILES string of the molecule is CCCCNC(=O)[C@@H](CC)N(Cc1cccc(OC)c1)C(=O)CSc1ccc(Cl)cc1. The van der Waals surface area contributed by atoms with Crippen LogP contribution >= 0.6 is 23.4 Å². The summed E-state index contributed by atoms with van der Waals surface area (Å²) in [6, 6.07) is 14.5. The quantitative estimate of drug-likeness (QED) is 0.349. The Labute approximate surface area is 194 Å². The molecule has 0 bridgehead atoms. The highest BCUT2D eigenvalue weighted by molar-refractivity contribution is 8.00. The van der Waals surface area contributed by atoms with E-state index in [-0.39, 0.29) is 17.6 Å². The average molecular weight is 463 g/mol. The zero-order chi connectivity index (χ0) is 22.6. The van der Waals surface area contributed by atoms with E-state index in [4.69, 9.17) is 16.3 Å². The second kappa shape index (κ2) is 13.3. The van der Waals surface area contributed by atoms with Crippen LogP contribution in [0.1, 0.15) is 38.7 Å². The second-order valence-corrected chi connectivity index (χ2v) is 8.67. The number of rotatable bonds is 12. The molecular formula is C24H31ClN2O3S. The summed E-state index contributed by atoms with van der Waals surface area (Å²) in [4.78, 5) is 28.8. The topological polar surface area (TPSA) is 58.6 Å². The van der Waals surface area contributed by atoms with Gasteiger partial charge < -0.3 is 15.0 Å². The van der Waals surface area contributed by atoms with E-state index in [2.05, 4.69) is 12.2 Å². The van der Waals surface area contributed by atoms with E-state index < -0.39 is 6.04 Å². The molecule has 0 aliphatic rings. The van der Waals surface area contributed by atoms with Crippen molar-refractivity contribution < 1.29 is 14.3 Å². The molecule has 168 valence electrons. The van der Waals surface area contributed by atoms with Crippen LogP contribution in [-0.4, -0.2) is 42.2 Å². The van der Waals surface area contributed by atoms with Crippen molar-refractivity contribution in [3.63, 3.8) is 0 Å². The zero-order valence-electron chi connectivity index (χ0n) is 18.4. The lowest BCUT2D eigenvalue weighted by Gasteiger charge is -2.30. The molecule has 2 aromatic carbocycles. The van der Waals surface area contributed by atoms with Gasteiger partial charge in [-0.05, 0) is 54.8 Å². The van der Waals surface area contributed by atoms with Crippen LogP contribution in [-0.2, 0) is 16.1 Å². The number of carbonyl (C=O) groups excluding carboxylic acids is 2. The predicted octanol–water partition coefficient (Wildman–Crippen LogP) is 5.16. The van der Waals surface area contributed by atoms with Crippen LogP contribution in [0.3, 0.4) is 0 Å². The van der Waals surface area contributed by atoms with Gasteiger partial charge in [-0.2, -0.15) is 0 Å². The number of nitrogens with zero attached hydrogens (tertiary/aromatic N) is 1. The van der Waals surface area contributed by atoms with Crippen molar-refractivity contribution in [1.29, 1.82) is 0 Å². The number of halogens is 1. The van der Waals surface area contributed by atoms with Crippen LogP contribution in [0.25, 0.3) is 0 Å². The van der Waals surface area contributed by atoms with Crippen molar-refractivity contribution in [2.75, 3.05) is 19.4 Å². The molecule has 5 nitrogen and oxygen atoms in total. The number of benzene rings is 2. The molecule has 31 heavy (non-hydrogen) atoms. The highest BCUT2D eigenvalue weighted by Crippen LogP contribution is 2.23. The smallest absolute Gasteiger partial charge is 0.242 e. The minimum Gasteiger partial charge on any atom is -0.497 e. The van der Waals surface area contributed by atoms with E-state index in [1.165, 1.54) is 11.8 Å². The molecule has 0 heterocycles. The maximum Gasteiger partial charge on any atom is 0.242 e. The van der Waals surface area contributed by atoms with Crippen LogP contribution in [0.5, 0.6) is 5.75 Å². The number of methoxy groups -OCH3 is 1. The molecule has 0 aromatic heterocycles. The summed E-state index contributed by atoms with van der Waals surface area (Å²) >= 11 is 7.39. The highest BCUT2D eigenvalue weighted by atomic mass is 35.5. The van der Waals surface area contributed by atoms with E-state index in [1.807, 2.05) is 43.3 Å². The van der Waals surface area contributed by atoms with Gasteiger partial charge in [0.05, 0.1) is 12.9 Å². The van der Waals surface area contributed by atoms with Gasteiger partial charge in [-0.25, -0.2) is 0 Å². The molecule has 1 atom stereocenters. The van der Waals surface area contributed by atoms with Gasteiger partial charge >= 0.3 is 0 Å². The number of hydrogen-bond acceptors (Lipinski definition) is 4. The summed E-state index contributed by atoms with van der Waals surface area (Å²) in [6.45, 7) is 4.97. The van der Waals surface area contributed by atoms with E-state index in [1.54, 1.807) is 24.1 Å². The van der Waals surface area contributed by atoms with E-state index in [9.17, 15) is 9.59 Å². The van der Waals surface area contributed by atoms with Crippen molar-refractivity contribution in [1.82, 2.24) is 10.2 Å². The van der Waals surface area contributed by atoms with Crippen LogP contribution in [0.2, 0.25) is 5.02 Å². The summed E-state index contributed by atoms with van der Waals surface area (Å²) in [5.41, 5.74) is 0.920. The molecule has 0 aliphatic carbocycles. The third-order valence-electron chi connectivity index (χ3n) is 4.88. The van der Waals surface area contributed by atoms with Gasteiger partial charge in [0.1, 0.15) is 11.8 Å². The van der Waals surface area contributed by atoms with Crippen molar-refractivity contribution in [2.24, 2.45) is 0 Å². The molecule has 2 aromatic rings. The van der Waals surface area contributed by atoms with Gasteiger partial charge in [-0.1, -0.05) is 44.0 Å². The second-order valence-electron chi connectivity index (χ2n) is 7.18. The molecular weight excluding hydrogens is 432 g/mol. The molecule has 0 unspecified atom stereocenters. The van der Waals surface area contributed by atoms with Gasteiger partial charge in [0.15, 0.2) is 0 Å². The van der Waals surface area contributed by atoms with Crippen LogP contribution in [0, 0.1) is 0 Å². The number of hydrogen-bond donors (Lipinski definition) is 1. The summed E-state index contributed by atoms with van der Waals surface area (Å²) in [5.74, 6) is 0.773. The molecule has 7 heteroatoms. The van der Waals surface area contributed by atoms with Gasteiger partial charge in [0.25, 0.3) is 0 Å². The minimum atomic E-state index is -0.527. The minimum absolute atomic E-state index is 0.0831. The van der Waals surface area contributed by atoms with Crippen LogP contribution < -0.4 is 10.1 Å². The normalized spacial score (nSPS) is 11.6. The molecule has 1 N–H and O–H groups in total. The van der Waals surface area contributed by atoms with Crippen molar-refractivity contribution >= 4 is 35.2 Å². The van der Waals surface area contributed by atoms with Gasteiger partial charge in [0, 0.05) is 23.0 Å². The first-order chi connectivity index (χ1) is 15.0. The molecule has 0 saturated heterocycles. The first-order valence-corrected chi connectivity index (χ1v) is 11.9. The summed E-state index contributed by atoms with van der Waals surface area (Å²) in [7, 11) is 1.61. The number of amides is 2. The third kappa shape index (κ3) is 8.11. The monoisotopic (exact) mass is 462 g/mol. The Balaban J connectivity index is 2.18. The fourth-order valence-electron chi connectivity index (χ4n) is 3.15. The molecule has 2 rings (SSSR count). The van der Waals surface area contributed by atoms with Crippen LogP contribution in [0.15, 0.2) is 53.4 Å². The van der Waals surface area contributed by atoms with Crippen molar-refractivity contribution in [3.8, 4) is 5.75 Å². The lowest BCUT2D eigenvalue weighted by Crippen LogP contribution is -2.49. The standard InChI is InChI=1S/C24H31ClN2O3S/c1-4-6-14-26-24(29)22(5-2)27(16-18-8-7-9-20(15-18)30-3)23(28)17-31-21-12-10-19(25)11-13-21/h7-13,15,22H,4-6,14,16-17H2,1-3H3,(H,26,29)/t22-/m1/s1. The fourth-order valence-corrected chi connectivity index (χ4v) is 4.06. The van der Waals surface area contributed by atoms with E-state index in [0.717, 1.165) is 29.1 Å². The zero-order valence-corrected chi connectivity index (χ0v) is 20.0. The third-order valence-corrected chi connectivity index (χ3v) is 6.13. The van der Waals surface area contributed by atoms with Crippen molar-refractivity contribution in [2.45, 2.75) is 50.6 Å². The summed E-state index contributed by atoms with van der Waals surface area (Å²) in [6.07, 6.45) is 2.46. The lowest BCUT2D eigenvalue weighted by molar-refractivity contribution is -0.139. The molecule has 0 radical (unpaired) electrons. The predicted molar refractivity (Wildman–Crippen MR) is 128 cm³/mol. The molecule has 0 spiro atoms. The molecule has 0 aliphatic heterocycles. The van der Waals surface area contributed by atoms with Gasteiger partial charge in [-0.15, -0.1) is 11.8 Å². The number of unbranched alkanes of at least 4 members (excludes halogenated alkanes) is 1. The van der Waals surface area contributed by atoms with E-state index >= 15 is 0 Å². The van der Waals surface area contributed by atoms with Crippen LogP contribution in [0.4, 0.5) is 0 Å². The summed E-state index contributed by atoms with van der Waals surface area (Å²) in [5, 5.41) is 3.64. The number of ether oxygens (including phenoxy) is 1. The Morgan fingerprint density at radius 1 is 1.16 bits per heavy atom. The Hall–Kier alpha value is -2.18. The van der Waals surface area contributed by atoms with Crippen molar-refractivity contribution in [3.05, 3.63) is 59.1 Å². The Kier molecular flexibility index (Phi) is 10.7. The highest BCUT2D eigenvalue weighted by Gasteiger charge is 2.28. The van der Waals surface area contributed by atoms with E-state index in [0.29, 0.717) is 24.5 Å². The first-order valence-electron chi connectivity index (χ1n) is 10.6. The lowest BCUT2D eigenvalue weighted by atomic mass is 10.1. The Morgan fingerprint density at radius 3 is 2.55 bits per heavy atom. The maximum absolute atomic E-state index is 13.2. The number of thioether (sulfide) groups is 1. The molecule has 0 fully saturated rings. The number of nitrogens with one attached hydrogen (secondary N) is 1. The average Bonchev–Trinajstić information content (AvgIpc) is 2.78. The van der Waals surface area contributed by atoms with Gasteiger partial charge in [-0.3, -0.25) is 9.59 Å². The maximum atomic E-state index is 13.2. The Morgan fingerprint density at radius 2 is 1.90 bits per heavy atom. The largest absolute Gasteiger partial charge is 0.497 e. The molecule has 2 amide bonds.